The largest absolute Gasteiger partial charge is 0.489 e. The van der Waals surface area contributed by atoms with E-state index in [-0.39, 0.29) is 17.9 Å². The van der Waals surface area contributed by atoms with E-state index in [9.17, 15) is 14.4 Å². The molecule has 0 aliphatic rings. The maximum Gasteiger partial charge on any atom is 0.338 e. The second-order valence-electron chi connectivity index (χ2n) is 8.26. The molecule has 0 aliphatic carbocycles. The molecular formula is C24H30N2O5. The highest BCUT2D eigenvalue weighted by atomic mass is 16.5. The molecule has 7 heteroatoms. The Labute approximate surface area is 183 Å². The van der Waals surface area contributed by atoms with Crippen molar-refractivity contribution in [1.29, 1.82) is 0 Å². The quantitative estimate of drug-likeness (QED) is 0.656. The predicted molar refractivity (Wildman–Crippen MR) is 118 cm³/mol. The van der Waals surface area contributed by atoms with Gasteiger partial charge in [0, 0.05) is 14.1 Å². The Kier molecular flexibility index (Phi) is 8.19. The van der Waals surface area contributed by atoms with E-state index in [1.54, 1.807) is 24.3 Å². The van der Waals surface area contributed by atoms with Crippen molar-refractivity contribution in [3.05, 3.63) is 65.2 Å². The first-order chi connectivity index (χ1) is 14.6. The lowest BCUT2D eigenvalue weighted by Gasteiger charge is -2.19. The van der Waals surface area contributed by atoms with Gasteiger partial charge in [-0.3, -0.25) is 9.59 Å². The maximum absolute atomic E-state index is 12.2. The van der Waals surface area contributed by atoms with Gasteiger partial charge in [-0.2, -0.15) is 0 Å². The molecule has 0 spiro atoms. The predicted octanol–water partition coefficient (Wildman–Crippen LogP) is 2.92. The molecule has 0 bridgehead atoms. The molecule has 2 aromatic rings. The second kappa shape index (κ2) is 10.6. The lowest BCUT2D eigenvalue weighted by Crippen LogP contribution is -2.39. The van der Waals surface area contributed by atoms with Crippen LogP contribution >= 0.6 is 0 Å². The first-order valence-corrected chi connectivity index (χ1v) is 10.0. The molecule has 0 atom stereocenters. The van der Waals surface area contributed by atoms with Gasteiger partial charge < -0.3 is 19.7 Å². The van der Waals surface area contributed by atoms with Crippen molar-refractivity contribution in [2.45, 2.75) is 32.8 Å². The number of ether oxygens (including phenoxy) is 2. The Bertz CT molecular complexity index is 899. The minimum absolute atomic E-state index is 0.0904. The Hall–Kier alpha value is -3.35. The first-order valence-electron chi connectivity index (χ1n) is 10.0. The molecule has 2 aromatic carbocycles. The number of nitrogens with zero attached hydrogens (tertiary/aromatic N) is 1. The van der Waals surface area contributed by atoms with Gasteiger partial charge in [0.25, 0.3) is 5.91 Å². The Morgan fingerprint density at radius 3 is 2.13 bits per heavy atom. The van der Waals surface area contributed by atoms with Gasteiger partial charge in [0.1, 0.15) is 12.4 Å². The van der Waals surface area contributed by atoms with Gasteiger partial charge in [-0.05, 0) is 40.8 Å². The number of esters is 1. The number of carbonyl (C=O) groups is 3. The SMILES string of the molecule is CNC(=O)CN(C)C(=O)COC(=O)c1ccc(COc2ccc(C(C)(C)C)cc2)cc1. The summed E-state index contributed by atoms with van der Waals surface area (Å²) in [7, 11) is 2.95. The van der Waals surface area contributed by atoms with Gasteiger partial charge in [0.05, 0.1) is 12.1 Å². The van der Waals surface area contributed by atoms with Crippen LogP contribution in [-0.2, 0) is 26.3 Å². The van der Waals surface area contributed by atoms with Crippen LogP contribution in [0.15, 0.2) is 48.5 Å². The molecule has 7 nitrogen and oxygen atoms in total. The zero-order valence-electron chi connectivity index (χ0n) is 18.7. The van der Waals surface area contributed by atoms with Crippen molar-refractivity contribution >= 4 is 17.8 Å². The zero-order chi connectivity index (χ0) is 23.0. The summed E-state index contributed by atoms with van der Waals surface area (Å²) in [6, 6.07) is 14.8. The van der Waals surface area contributed by atoms with Crippen LogP contribution in [0, 0.1) is 0 Å². The van der Waals surface area contributed by atoms with Crippen molar-refractivity contribution in [3.8, 4) is 5.75 Å². The topological polar surface area (TPSA) is 84.9 Å². The highest BCUT2D eigenvalue weighted by Crippen LogP contribution is 2.24. The van der Waals surface area contributed by atoms with Crippen molar-refractivity contribution in [2.24, 2.45) is 0 Å². The van der Waals surface area contributed by atoms with Crippen molar-refractivity contribution in [3.63, 3.8) is 0 Å². The molecule has 0 heterocycles. The van der Waals surface area contributed by atoms with E-state index < -0.39 is 18.5 Å². The minimum atomic E-state index is -0.605. The van der Waals surface area contributed by atoms with E-state index in [0.717, 1.165) is 11.3 Å². The summed E-state index contributed by atoms with van der Waals surface area (Å²) in [5.41, 5.74) is 2.56. The molecule has 0 aromatic heterocycles. The summed E-state index contributed by atoms with van der Waals surface area (Å²) in [6.07, 6.45) is 0. The number of nitrogens with one attached hydrogen (secondary N) is 1. The van der Waals surface area contributed by atoms with E-state index in [2.05, 4.69) is 38.2 Å². The number of hydrogen-bond acceptors (Lipinski definition) is 5. The van der Waals surface area contributed by atoms with E-state index in [1.165, 1.54) is 24.6 Å². The summed E-state index contributed by atoms with van der Waals surface area (Å²) < 4.78 is 10.8. The molecule has 2 amide bonds. The summed E-state index contributed by atoms with van der Waals surface area (Å²) >= 11 is 0. The molecule has 0 unspecified atom stereocenters. The van der Waals surface area contributed by atoms with Gasteiger partial charge in [-0.25, -0.2) is 4.79 Å². The number of hydrogen-bond donors (Lipinski definition) is 1. The van der Waals surface area contributed by atoms with Gasteiger partial charge in [-0.15, -0.1) is 0 Å². The van der Waals surface area contributed by atoms with Crippen LogP contribution in [0.25, 0.3) is 0 Å². The van der Waals surface area contributed by atoms with Crippen LogP contribution in [0.5, 0.6) is 5.75 Å². The van der Waals surface area contributed by atoms with E-state index >= 15 is 0 Å². The highest BCUT2D eigenvalue weighted by molar-refractivity contribution is 5.92. The van der Waals surface area contributed by atoms with Gasteiger partial charge in [0.15, 0.2) is 6.61 Å². The van der Waals surface area contributed by atoms with Crippen LogP contribution in [0.3, 0.4) is 0 Å². The van der Waals surface area contributed by atoms with Crippen LogP contribution in [0.1, 0.15) is 42.3 Å². The van der Waals surface area contributed by atoms with E-state index in [0.29, 0.717) is 12.2 Å². The number of amides is 2. The molecule has 1 N–H and O–H groups in total. The number of benzene rings is 2. The zero-order valence-corrected chi connectivity index (χ0v) is 18.7. The van der Waals surface area contributed by atoms with Crippen molar-refractivity contribution in [1.82, 2.24) is 10.2 Å². The minimum Gasteiger partial charge on any atom is -0.489 e. The first kappa shape index (κ1) is 23.9. The standard InChI is InChI=1S/C24H30N2O5/c1-24(2,3)19-10-12-20(13-11-19)30-15-17-6-8-18(9-7-17)23(29)31-16-22(28)26(5)14-21(27)25-4/h6-13H,14-16H2,1-5H3,(H,25,27). The average molecular weight is 427 g/mol. The molecule has 0 saturated carbocycles. The molecule has 31 heavy (non-hydrogen) atoms. The molecule has 0 radical (unpaired) electrons. The molecular weight excluding hydrogens is 396 g/mol. The van der Waals surface area contributed by atoms with Gasteiger partial charge in [-0.1, -0.05) is 45.0 Å². The Balaban J connectivity index is 1.83. The second-order valence-corrected chi connectivity index (χ2v) is 8.26. The van der Waals surface area contributed by atoms with Crippen molar-refractivity contribution < 1.29 is 23.9 Å². The lowest BCUT2D eigenvalue weighted by molar-refractivity contribution is -0.137. The fourth-order valence-electron chi connectivity index (χ4n) is 2.66. The smallest absolute Gasteiger partial charge is 0.338 e. The maximum atomic E-state index is 12.2. The summed E-state index contributed by atoms with van der Waals surface area (Å²) in [5, 5.41) is 2.42. The number of rotatable bonds is 8. The monoisotopic (exact) mass is 426 g/mol. The van der Waals surface area contributed by atoms with Crippen LogP contribution in [0.4, 0.5) is 0 Å². The number of likely N-dealkylation sites (N-methyl/N-ethyl adjacent to an activating group) is 2. The fourth-order valence-corrected chi connectivity index (χ4v) is 2.66. The fraction of sp³-hybridized carbons (Fsp3) is 0.375. The summed E-state index contributed by atoms with van der Waals surface area (Å²) in [6.45, 7) is 6.33. The summed E-state index contributed by atoms with van der Waals surface area (Å²) in [4.78, 5) is 36.6. The van der Waals surface area contributed by atoms with Crippen LogP contribution in [0.2, 0.25) is 0 Å². The third-order valence-electron chi connectivity index (χ3n) is 4.73. The molecule has 0 aliphatic heterocycles. The third kappa shape index (κ3) is 7.44. The van der Waals surface area contributed by atoms with Crippen LogP contribution < -0.4 is 10.1 Å². The van der Waals surface area contributed by atoms with E-state index in [1.807, 2.05) is 12.1 Å². The highest BCUT2D eigenvalue weighted by Gasteiger charge is 2.16. The normalized spacial score (nSPS) is 10.9. The van der Waals surface area contributed by atoms with Crippen molar-refractivity contribution in [2.75, 3.05) is 27.2 Å². The number of carbonyl (C=O) groups excluding carboxylic acids is 3. The molecule has 166 valence electrons. The van der Waals surface area contributed by atoms with Gasteiger partial charge >= 0.3 is 5.97 Å². The Morgan fingerprint density at radius 2 is 1.58 bits per heavy atom. The van der Waals surface area contributed by atoms with Gasteiger partial charge in [0.2, 0.25) is 5.91 Å². The molecule has 0 fully saturated rings. The Morgan fingerprint density at radius 1 is 0.968 bits per heavy atom. The third-order valence-corrected chi connectivity index (χ3v) is 4.73. The molecule has 0 saturated heterocycles. The lowest BCUT2D eigenvalue weighted by atomic mass is 9.87. The average Bonchev–Trinajstić information content (AvgIpc) is 2.75. The summed E-state index contributed by atoms with van der Waals surface area (Å²) in [5.74, 6) is -0.590. The van der Waals surface area contributed by atoms with Crippen LogP contribution in [-0.4, -0.2) is 49.9 Å². The molecule has 2 rings (SSSR count). The van der Waals surface area contributed by atoms with E-state index in [4.69, 9.17) is 9.47 Å².